The van der Waals surface area contributed by atoms with E-state index in [4.69, 9.17) is 4.42 Å². The van der Waals surface area contributed by atoms with Gasteiger partial charge in [0.15, 0.2) is 5.76 Å². The number of hydrogen-bond acceptors (Lipinski definition) is 7. The summed E-state index contributed by atoms with van der Waals surface area (Å²) in [6.45, 7) is 5.38. The third-order valence-corrected chi connectivity index (χ3v) is 4.62. The highest BCUT2D eigenvalue weighted by Crippen LogP contribution is 2.19. The van der Waals surface area contributed by atoms with E-state index in [0.29, 0.717) is 13.1 Å². The van der Waals surface area contributed by atoms with Crippen LogP contribution in [0.4, 0.5) is 5.88 Å². The minimum atomic E-state index is -0.648. The van der Waals surface area contributed by atoms with Crippen LogP contribution >= 0.6 is 11.3 Å². The summed E-state index contributed by atoms with van der Waals surface area (Å²) >= 11 is 1.64. The average molecular weight is 336 g/mol. The highest BCUT2D eigenvalue weighted by Gasteiger charge is 2.26. The monoisotopic (exact) mass is 336 g/mol. The van der Waals surface area contributed by atoms with E-state index in [9.17, 15) is 14.9 Å². The normalized spacial score (nSPS) is 15.8. The van der Waals surface area contributed by atoms with Gasteiger partial charge in [0.2, 0.25) is 0 Å². The van der Waals surface area contributed by atoms with Gasteiger partial charge in [-0.05, 0) is 13.0 Å². The number of nitro groups is 1. The molecule has 8 nitrogen and oxygen atoms in total. The Morgan fingerprint density at radius 2 is 2.13 bits per heavy atom. The lowest BCUT2D eigenvalue weighted by molar-refractivity contribution is -0.402. The Morgan fingerprint density at radius 3 is 2.70 bits per heavy atom. The van der Waals surface area contributed by atoms with Crippen molar-refractivity contribution in [2.75, 3.05) is 26.2 Å². The fraction of sp³-hybridized carbons (Fsp3) is 0.429. The molecular weight excluding hydrogens is 320 g/mol. The molecule has 0 N–H and O–H groups in total. The van der Waals surface area contributed by atoms with Gasteiger partial charge in [0.05, 0.1) is 12.6 Å². The van der Waals surface area contributed by atoms with Crippen molar-refractivity contribution in [1.29, 1.82) is 0 Å². The Morgan fingerprint density at radius 1 is 1.39 bits per heavy atom. The number of thiazole rings is 1. The molecule has 122 valence electrons. The van der Waals surface area contributed by atoms with Crippen molar-refractivity contribution in [3.8, 4) is 0 Å². The lowest BCUT2D eigenvalue weighted by atomic mass is 10.3. The lowest BCUT2D eigenvalue weighted by Crippen LogP contribution is -2.48. The molecule has 0 unspecified atom stereocenters. The minimum absolute atomic E-state index is 0.0145. The number of nitrogens with zero attached hydrogens (tertiary/aromatic N) is 4. The number of carbonyl (C=O) groups excluding carboxylic acids is 1. The number of amides is 1. The molecule has 1 aliphatic rings. The first-order valence-corrected chi connectivity index (χ1v) is 8.08. The number of carbonyl (C=O) groups is 1. The molecule has 2 aromatic heterocycles. The maximum absolute atomic E-state index is 12.3. The molecule has 2 aromatic rings. The smallest absolute Gasteiger partial charge is 0.395 e. The van der Waals surface area contributed by atoms with Gasteiger partial charge in [-0.3, -0.25) is 19.8 Å². The predicted octanol–water partition coefficient (Wildman–Crippen LogP) is 1.91. The third-order valence-electron chi connectivity index (χ3n) is 3.67. The zero-order valence-electron chi connectivity index (χ0n) is 12.6. The van der Waals surface area contributed by atoms with E-state index in [1.54, 1.807) is 16.2 Å². The molecule has 0 aliphatic carbocycles. The summed E-state index contributed by atoms with van der Waals surface area (Å²) in [6, 6.07) is 2.56. The second-order valence-corrected chi connectivity index (χ2v) is 6.29. The topological polar surface area (TPSA) is 92.7 Å². The lowest BCUT2D eigenvalue weighted by Gasteiger charge is -2.33. The Hall–Kier alpha value is -2.26. The Bertz CT molecular complexity index is 718. The summed E-state index contributed by atoms with van der Waals surface area (Å²) in [4.78, 5) is 30.6. The molecule has 0 spiro atoms. The first-order valence-electron chi connectivity index (χ1n) is 7.20. The van der Waals surface area contributed by atoms with Crippen LogP contribution in [-0.2, 0) is 6.54 Å². The van der Waals surface area contributed by atoms with Crippen molar-refractivity contribution in [1.82, 2.24) is 14.8 Å². The van der Waals surface area contributed by atoms with Crippen LogP contribution in [0, 0.1) is 17.0 Å². The molecule has 3 rings (SSSR count). The van der Waals surface area contributed by atoms with E-state index >= 15 is 0 Å². The van der Waals surface area contributed by atoms with Crippen LogP contribution in [0.1, 0.15) is 21.3 Å². The largest absolute Gasteiger partial charge is 0.433 e. The molecule has 1 amide bonds. The fourth-order valence-corrected chi connectivity index (χ4v) is 3.29. The molecule has 3 heterocycles. The van der Waals surface area contributed by atoms with Crippen LogP contribution in [0.2, 0.25) is 0 Å². The van der Waals surface area contributed by atoms with Gasteiger partial charge in [-0.15, -0.1) is 11.3 Å². The van der Waals surface area contributed by atoms with E-state index in [1.807, 2.05) is 12.3 Å². The van der Waals surface area contributed by atoms with E-state index < -0.39 is 10.8 Å². The summed E-state index contributed by atoms with van der Waals surface area (Å²) in [5.41, 5.74) is 1.03. The Balaban J connectivity index is 1.55. The zero-order chi connectivity index (χ0) is 16.4. The summed E-state index contributed by atoms with van der Waals surface area (Å²) in [5.74, 6) is -0.699. The summed E-state index contributed by atoms with van der Waals surface area (Å²) in [6.07, 6.45) is 0. The van der Waals surface area contributed by atoms with Crippen LogP contribution in [0.15, 0.2) is 21.9 Å². The molecule has 0 bridgehead atoms. The van der Waals surface area contributed by atoms with Crippen LogP contribution in [0.5, 0.6) is 0 Å². The number of piperazine rings is 1. The van der Waals surface area contributed by atoms with Crippen molar-refractivity contribution < 1.29 is 14.1 Å². The Kier molecular flexibility index (Phi) is 4.39. The fourth-order valence-electron chi connectivity index (χ4n) is 2.47. The number of aryl methyl sites for hydroxylation is 1. The molecule has 0 aromatic carbocycles. The van der Waals surface area contributed by atoms with Crippen LogP contribution in [-0.4, -0.2) is 51.8 Å². The number of rotatable bonds is 4. The second kappa shape index (κ2) is 6.47. The SMILES string of the molecule is Cc1csc(CN2CCN(C(=O)c3ccc([N+](=O)[O-])o3)CC2)n1. The molecule has 1 fully saturated rings. The summed E-state index contributed by atoms with van der Waals surface area (Å²) in [7, 11) is 0. The third kappa shape index (κ3) is 3.57. The number of aromatic nitrogens is 1. The van der Waals surface area contributed by atoms with Crippen molar-refractivity contribution in [3.05, 3.63) is 44.1 Å². The Labute approximate surface area is 136 Å². The highest BCUT2D eigenvalue weighted by molar-refractivity contribution is 7.09. The molecule has 9 heteroatoms. The van der Waals surface area contributed by atoms with Gasteiger partial charge in [0.25, 0.3) is 5.91 Å². The molecule has 0 radical (unpaired) electrons. The quantitative estimate of drug-likeness (QED) is 0.625. The van der Waals surface area contributed by atoms with Gasteiger partial charge < -0.3 is 9.32 Å². The van der Waals surface area contributed by atoms with Crippen LogP contribution < -0.4 is 0 Å². The molecule has 23 heavy (non-hydrogen) atoms. The van der Waals surface area contributed by atoms with Crippen molar-refractivity contribution in [2.45, 2.75) is 13.5 Å². The van der Waals surface area contributed by atoms with Gasteiger partial charge in [-0.2, -0.15) is 0 Å². The van der Waals surface area contributed by atoms with Crippen molar-refractivity contribution in [2.24, 2.45) is 0 Å². The standard InChI is InChI=1S/C14H16N4O4S/c1-10-9-23-12(15-10)8-16-4-6-17(7-5-16)14(19)11-2-3-13(22-11)18(20)21/h2-3,9H,4-8H2,1H3. The molecule has 0 saturated carbocycles. The van der Waals surface area contributed by atoms with Gasteiger partial charge in [0, 0.05) is 37.3 Å². The number of furan rings is 1. The van der Waals surface area contributed by atoms with Gasteiger partial charge in [0.1, 0.15) is 9.93 Å². The maximum atomic E-state index is 12.3. The van der Waals surface area contributed by atoms with Gasteiger partial charge >= 0.3 is 5.88 Å². The first kappa shape index (κ1) is 15.6. The summed E-state index contributed by atoms with van der Waals surface area (Å²) in [5, 5.41) is 13.7. The van der Waals surface area contributed by atoms with E-state index in [1.165, 1.54) is 12.1 Å². The van der Waals surface area contributed by atoms with Gasteiger partial charge in [-0.25, -0.2) is 4.98 Å². The van der Waals surface area contributed by atoms with Crippen molar-refractivity contribution in [3.63, 3.8) is 0 Å². The highest BCUT2D eigenvalue weighted by atomic mass is 32.1. The van der Waals surface area contributed by atoms with E-state index in [0.717, 1.165) is 30.3 Å². The van der Waals surface area contributed by atoms with Crippen molar-refractivity contribution >= 4 is 23.1 Å². The van der Waals surface area contributed by atoms with Gasteiger partial charge in [-0.1, -0.05) is 0 Å². The minimum Gasteiger partial charge on any atom is -0.395 e. The van der Waals surface area contributed by atoms with E-state index in [2.05, 4.69) is 9.88 Å². The molecule has 1 aliphatic heterocycles. The van der Waals surface area contributed by atoms with Crippen LogP contribution in [0.3, 0.4) is 0 Å². The molecular formula is C14H16N4O4S. The maximum Gasteiger partial charge on any atom is 0.433 e. The molecule has 0 atom stereocenters. The first-order chi connectivity index (χ1) is 11.0. The predicted molar refractivity (Wildman–Crippen MR) is 83.4 cm³/mol. The van der Waals surface area contributed by atoms with E-state index in [-0.39, 0.29) is 11.7 Å². The zero-order valence-corrected chi connectivity index (χ0v) is 13.4. The molecule has 1 saturated heterocycles. The average Bonchev–Trinajstić information content (AvgIpc) is 3.17. The second-order valence-electron chi connectivity index (χ2n) is 5.35. The number of hydrogen-bond donors (Lipinski definition) is 0. The van der Waals surface area contributed by atoms with Crippen LogP contribution in [0.25, 0.3) is 0 Å². The summed E-state index contributed by atoms with van der Waals surface area (Å²) < 4.78 is 4.97.